The number of benzene rings is 2. The van der Waals surface area contributed by atoms with Crippen molar-refractivity contribution in [3.8, 4) is 11.5 Å². The van der Waals surface area contributed by atoms with Gasteiger partial charge in [-0.25, -0.2) is 0 Å². The minimum absolute atomic E-state index is 0.00825. The molecule has 27 heavy (non-hydrogen) atoms. The zero-order valence-electron chi connectivity index (χ0n) is 16.1. The van der Waals surface area contributed by atoms with Crippen molar-refractivity contribution in [3.05, 3.63) is 57.6 Å². The van der Waals surface area contributed by atoms with Crippen LogP contribution in [-0.4, -0.2) is 29.1 Å². The Labute approximate surface area is 157 Å². The third-order valence-electron chi connectivity index (χ3n) is 4.46. The number of phenols is 1. The number of ether oxygens (including phenoxy) is 1. The van der Waals surface area contributed by atoms with Crippen molar-refractivity contribution in [2.24, 2.45) is 0 Å². The van der Waals surface area contributed by atoms with Crippen molar-refractivity contribution in [3.63, 3.8) is 0 Å². The number of rotatable bonds is 5. The Balaban J connectivity index is 2.56. The molecular formula is C21H25F3O3. The summed E-state index contributed by atoms with van der Waals surface area (Å²) in [6.07, 6.45) is -5.16. The van der Waals surface area contributed by atoms with Crippen molar-refractivity contribution >= 4 is 0 Å². The topological polar surface area (TPSA) is 49.7 Å². The van der Waals surface area contributed by atoms with E-state index in [9.17, 15) is 23.4 Å². The number of hydrogen-bond donors (Lipinski definition) is 2. The highest BCUT2D eigenvalue weighted by atomic mass is 19.4. The van der Waals surface area contributed by atoms with E-state index in [-0.39, 0.29) is 23.5 Å². The van der Waals surface area contributed by atoms with Crippen molar-refractivity contribution in [1.29, 1.82) is 0 Å². The molecule has 0 amide bonds. The van der Waals surface area contributed by atoms with Gasteiger partial charge in [-0.15, -0.1) is 0 Å². The molecule has 6 heteroatoms. The molecule has 2 rings (SSSR count). The molecule has 0 aliphatic heterocycles. The summed E-state index contributed by atoms with van der Waals surface area (Å²) in [4.78, 5) is 0. The summed E-state index contributed by atoms with van der Waals surface area (Å²) in [5.74, 6) is -1.31. The van der Waals surface area contributed by atoms with Gasteiger partial charge in [0.2, 0.25) is 0 Å². The first kappa shape index (κ1) is 21.1. The van der Waals surface area contributed by atoms with Gasteiger partial charge in [0.05, 0.1) is 6.10 Å². The van der Waals surface area contributed by atoms with Gasteiger partial charge in [-0.1, -0.05) is 24.3 Å². The first-order chi connectivity index (χ1) is 12.4. The van der Waals surface area contributed by atoms with Crippen molar-refractivity contribution in [1.82, 2.24) is 0 Å². The van der Waals surface area contributed by atoms with E-state index in [1.807, 2.05) is 0 Å². The van der Waals surface area contributed by atoms with Crippen molar-refractivity contribution in [2.45, 2.75) is 52.8 Å². The number of phenolic OH excluding ortho intramolecular Hbond substituents is 1. The normalized spacial score (nSPS) is 14.1. The van der Waals surface area contributed by atoms with Crippen LogP contribution in [0.1, 0.15) is 46.2 Å². The molecule has 0 spiro atoms. The lowest BCUT2D eigenvalue weighted by Crippen LogP contribution is -2.23. The van der Waals surface area contributed by atoms with E-state index in [1.54, 1.807) is 34.6 Å². The molecule has 2 aromatic rings. The highest BCUT2D eigenvalue weighted by molar-refractivity contribution is 5.50. The highest BCUT2D eigenvalue weighted by Crippen LogP contribution is 2.43. The van der Waals surface area contributed by atoms with E-state index < -0.39 is 18.2 Å². The number of hydrogen-bond acceptors (Lipinski definition) is 3. The van der Waals surface area contributed by atoms with Gasteiger partial charge >= 0.3 is 6.18 Å². The molecular weight excluding hydrogens is 357 g/mol. The summed E-state index contributed by atoms with van der Waals surface area (Å²) in [7, 11) is 0. The van der Waals surface area contributed by atoms with Gasteiger partial charge in [0.15, 0.2) is 0 Å². The molecule has 2 atom stereocenters. The van der Waals surface area contributed by atoms with E-state index in [4.69, 9.17) is 4.74 Å². The average Bonchev–Trinajstić information content (AvgIpc) is 2.50. The molecule has 0 aromatic heterocycles. The van der Waals surface area contributed by atoms with Gasteiger partial charge in [-0.05, 0) is 68.0 Å². The zero-order chi connectivity index (χ0) is 20.5. The average molecular weight is 382 g/mol. The van der Waals surface area contributed by atoms with Crippen LogP contribution in [0.25, 0.3) is 0 Å². The van der Waals surface area contributed by atoms with Crippen LogP contribution in [-0.2, 0) is 0 Å². The number of aromatic hydroxyl groups is 1. The summed E-state index contributed by atoms with van der Waals surface area (Å²) < 4.78 is 47.4. The Morgan fingerprint density at radius 3 is 1.67 bits per heavy atom. The van der Waals surface area contributed by atoms with Gasteiger partial charge in [0.25, 0.3) is 0 Å². The Bertz CT molecular complexity index is 780. The molecule has 3 nitrogen and oxygen atoms in total. The van der Waals surface area contributed by atoms with Gasteiger partial charge in [-0.2, -0.15) is 13.2 Å². The first-order valence-corrected chi connectivity index (χ1v) is 8.70. The Morgan fingerprint density at radius 1 is 0.889 bits per heavy atom. The predicted octanol–water partition coefficient (Wildman–Crippen LogP) is 5.08. The molecule has 0 heterocycles. The third kappa shape index (κ3) is 4.75. The van der Waals surface area contributed by atoms with Crippen molar-refractivity contribution < 1.29 is 28.1 Å². The summed E-state index contributed by atoms with van der Waals surface area (Å²) in [5, 5.41) is 19.3. The van der Waals surface area contributed by atoms with Crippen LogP contribution in [0.4, 0.5) is 13.2 Å². The molecule has 0 saturated heterocycles. The second kappa shape index (κ2) is 7.80. The number of aliphatic hydroxyl groups is 1. The molecule has 2 unspecified atom stereocenters. The molecule has 0 aliphatic rings. The summed E-state index contributed by atoms with van der Waals surface area (Å²) in [5.41, 5.74) is 2.17. The SMILES string of the molecule is Cc1cc(C(c2cc(C)c(OCC(C)O)c(C)c2)C(F)(F)F)cc(C)c1O. The van der Waals surface area contributed by atoms with Gasteiger partial charge in [-0.3, -0.25) is 0 Å². The van der Waals surface area contributed by atoms with E-state index in [1.165, 1.54) is 24.3 Å². The Morgan fingerprint density at radius 2 is 1.30 bits per heavy atom. The number of alkyl halides is 3. The second-order valence-corrected chi connectivity index (χ2v) is 7.12. The van der Waals surface area contributed by atoms with Crippen LogP contribution < -0.4 is 4.74 Å². The minimum Gasteiger partial charge on any atom is -0.507 e. The zero-order valence-corrected chi connectivity index (χ0v) is 16.1. The molecule has 2 aromatic carbocycles. The molecule has 2 N–H and O–H groups in total. The van der Waals surface area contributed by atoms with Gasteiger partial charge in [0.1, 0.15) is 24.0 Å². The second-order valence-electron chi connectivity index (χ2n) is 7.12. The highest BCUT2D eigenvalue weighted by Gasteiger charge is 2.42. The number of halogens is 3. The monoisotopic (exact) mass is 382 g/mol. The van der Waals surface area contributed by atoms with E-state index in [2.05, 4.69) is 0 Å². The van der Waals surface area contributed by atoms with Crippen LogP contribution in [0.2, 0.25) is 0 Å². The summed E-state index contributed by atoms with van der Waals surface area (Å²) in [6, 6.07) is 5.70. The minimum atomic E-state index is -4.49. The Kier molecular flexibility index (Phi) is 6.10. The number of aliphatic hydroxyl groups excluding tert-OH is 1. The molecule has 0 bridgehead atoms. The third-order valence-corrected chi connectivity index (χ3v) is 4.46. The van der Waals surface area contributed by atoms with Crippen LogP contribution in [0.3, 0.4) is 0 Å². The maximum Gasteiger partial charge on any atom is 0.399 e. The fourth-order valence-corrected chi connectivity index (χ4v) is 3.31. The largest absolute Gasteiger partial charge is 0.507 e. The van der Waals surface area contributed by atoms with Crippen LogP contribution in [0.5, 0.6) is 11.5 Å². The van der Waals surface area contributed by atoms with E-state index in [0.29, 0.717) is 28.0 Å². The first-order valence-electron chi connectivity index (χ1n) is 8.70. The molecule has 148 valence electrons. The standard InChI is InChI=1S/C21H25F3O3/c1-11-6-16(7-12(2)19(11)26)18(21(22,23)24)17-8-13(3)20(14(4)9-17)27-10-15(5)25/h6-9,15,18,25-26H,10H2,1-5H3. The quantitative estimate of drug-likeness (QED) is 0.758. The predicted molar refractivity (Wildman–Crippen MR) is 98.6 cm³/mol. The van der Waals surface area contributed by atoms with Crippen molar-refractivity contribution in [2.75, 3.05) is 6.61 Å². The maximum atomic E-state index is 13.9. The maximum absolute atomic E-state index is 13.9. The van der Waals surface area contributed by atoms with Gasteiger partial charge in [0, 0.05) is 0 Å². The van der Waals surface area contributed by atoms with Crippen LogP contribution in [0, 0.1) is 27.7 Å². The fourth-order valence-electron chi connectivity index (χ4n) is 3.31. The van der Waals surface area contributed by atoms with E-state index in [0.717, 1.165) is 0 Å². The fraction of sp³-hybridized carbons (Fsp3) is 0.429. The lowest BCUT2D eigenvalue weighted by Gasteiger charge is -2.24. The summed E-state index contributed by atoms with van der Waals surface area (Å²) in [6.45, 7) is 8.20. The molecule has 0 radical (unpaired) electrons. The molecule has 0 saturated carbocycles. The Hall–Kier alpha value is -2.21. The van der Waals surface area contributed by atoms with Crippen LogP contribution in [0.15, 0.2) is 24.3 Å². The van der Waals surface area contributed by atoms with E-state index >= 15 is 0 Å². The smallest absolute Gasteiger partial charge is 0.399 e. The lowest BCUT2D eigenvalue weighted by molar-refractivity contribution is -0.141. The van der Waals surface area contributed by atoms with Crippen LogP contribution >= 0.6 is 0 Å². The lowest BCUT2D eigenvalue weighted by atomic mass is 9.86. The number of aryl methyl sites for hydroxylation is 4. The van der Waals surface area contributed by atoms with Gasteiger partial charge < -0.3 is 14.9 Å². The molecule has 0 aliphatic carbocycles. The summed E-state index contributed by atoms with van der Waals surface area (Å²) >= 11 is 0. The molecule has 0 fully saturated rings.